The van der Waals surface area contributed by atoms with Crippen LogP contribution in [0.15, 0.2) is 10.7 Å². The number of nitrogens with two attached hydrogens (primary N) is 1. The lowest BCUT2D eigenvalue weighted by atomic mass is 9.92. The van der Waals surface area contributed by atoms with Crippen molar-refractivity contribution in [2.24, 2.45) is 17.6 Å². The Balaban J connectivity index is 2.85. The number of carbonyl (C=O) groups is 1. The Morgan fingerprint density at radius 1 is 1.42 bits per heavy atom. The van der Waals surface area contributed by atoms with E-state index < -0.39 is 0 Å². The first-order valence-corrected chi connectivity index (χ1v) is 7.62. The van der Waals surface area contributed by atoms with E-state index in [0.29, 0.717) is 24.6 Å². The van der Waals surface area contributed by atoms with Crippen molar-refractivity contribution in [3.8, 4) is 0 Å². The molecule has 0 aliphatic heterocycles. The minimum atomic E-state index is 0.120. The van der Waals surface area contributed by atoms with Crippen molar-refractivity contribution < 1.29 is 4.79 Å². The second-order valence-corrected chi connectivity index (χ2v) is 6.59. The van der Waals surface area contributed by atoms with E-state index in [9.17, 15) is 4.79 Å². The first kappa shape index (κ1) is 16.4. The van der Waals surface area contributed by atoms with Crippen molar-refractivity contribution in [2.75, 3.05) is 6.54 Å². The molecule has 1 heterocycles. The van der Waals surface area contributed by atoms with E-state index in [1.54, 1.807) is 10.9 Å². The summed E-state index contributed by atoms with van der Waals surface area (Å²) in [7, 11) is 0. The summed E-state index contributed by atoms with van der Waals surface area (Å²) in [5.74, 6) is 0.920. The topological polar surface area (TPSA) is 60.9 Å². The average molecular weight is 330 g/mol. The molecule has 0 saturated heterocycles. The van der Waals surface area contributed by atoms with Crippen LogP contribution >= 0.6 is 15.9 Å². The predicted molar refractivity (Wildman–Crippen MR) is 81.3 cm³/mol. The Labute approximate surface area is 123 Å². The molecule has 5 heteroatoms. The van der Waals surface area contributed by atoms with Crippen LogP contribution in [0.4, 0.5) is 0 Å². The maximum Gasteiger partial charge on any atom is 0.182 e. The van der Waals surface area contributed by atoms with Gasteiger partial charge in [0, 0.05) is 12.5 Å². The Morgan fingerprint density at radius 3 is 2.53 bits per heavy atom. The van der Waals surface area contributed by atoms with Crippen LogP contribution in [0.5, 0.6) is 0 Å². The summed E-state index contributed by atoms with van der Waals surface area (Å²) in [4.78, 5) is 12.5. The number of Topliss-reactive ketones (excluding diaryl/α,β-unsaturated/α-hetero) is 1. The Hall–Kier alpha value is -0.680. The second-order valence-electron chi connectivity index (χ2n) is 5.74. The van der Waals surface area contributed by atoms with Crippen molar-refractivity contribution >= 4 is 21.7 Å². The van der Waals surface area contributed by atoms with Gasteiger partial charge in [-0.25, -0.2) is 0 Å². The van der Waals surface area contributed by atoms with Crippen LogP contribution in [0.25, 0.3) is 0 Å². The van der Waals surface area contributed by atoms with Crippen LogP contribution in [0.3, 0.4) is 0 Å². The van der Waals surface area contributed by atoms with Gasteiger partial charge in [0.25, 0.3) is 0 Å². The lowest BCUT2D eigenvalue weighted by Gasteiger charge is -2.17. The Kier molecular flexibility index (Phi) is 6.20. The van der Waals surface area contributed by atoms with Gasteiger partial charge in [-0.2, -0.15) is 5.10 Å². The number of rotatable bonds is 7. The van der Waals surface area contributed by atoms with Gasteiger partial charge in [-0.1, -0.05) is 13.8 Å². The molecule has 4 nitrogen and oxygen atoms in total. The molecule has 0 amide bonds. The summed E-state index contributed by atoms with van der Waals surface area (Å²) in [5.41, 5.74) is 6.44. The van der Waals surface area contributed by atoms with Crippen LogP contribution in [-0.4, -0.2) is 22.1 Å². The third-order valence-corrected chi connectivity index (χ3v) is 3.70. The van der Waals surface area contributed by atoms with Gasteiger partial charge < -0.3 is 5.73 Å². The van der Waals surface area contributed by atoms with Crippen LogP contribution < -0.4 is 5.73 Å². The van der Waals surface area contributed by atoms with Gasteiger partial charge in [0.15, 0.2) is 5.78 Å². The minimum Gasteiger partial charge on any atom is -0.330 e. The van der Waals surface area contributed by atoms with Crippen LogP contribution in [0.2, 0.25) is 0 Å². The zero-order chi connectivity index (χ0) is 14.6. The molecule has 2 N–H and O–H groups in total. The molecule has 1 unspecified atom stereocenters. The molecule has 0 radical (unpaired) electrons. The number of hydrogen-bond acceptors (Lipinski definition) is 3. The van der Waals surface area contributed by atoms with Crippen molar-refractivity contribution in [1.82, 2.24) is 9.78 Å². The van der Waals surface area contributed by atoms with Gasteiger partial charge in [-0.15, -0.1) is 0 Å². The summed E-state index contributed by atoms with van der Waals surface area (Å²) in [6.45, 7) is 8.90. The lowest BCUT2D eigenvalue weighted by molar-refractivity contribution is 0.0944. The molecule has 1 aromatic rings. The number of hydrogen-bond donors (Lipinski definition) is 1. The largest absolute Gasteiger partial charge is 0.330 e. The SMILES string of the molecule is CC(C)CC(CN)CC(=O)c1c(Br)cnn1C(C)C. The van der Waals surface area contributed by atoms with Gasteiger partial charge in [0.1, 0.15) is 5.69 Å². The molecule has 0 aromatic carbocycles. The molecular formula is C14H24BrN3O. The maximum absolute atomic E-state index is 12.5. The highest BCUT2D eigenvalue weighted by molar-refractivity contribution is 9.10. The quantitative estimate of drug-likeness (QED) is 0.779. The summed E-state index contributed by atoms with van der Waals surface area (Å²) < 4.78 is 2.54. The molecule has 1 aromatic heterocycles. The van der Waals surface area contributed by atoms with Crippen molar-refractivity contribution in [2.45, 2.75) is 46.6 Å². The van der Waals surface area contributed by atoms with Gasteiger partial charge >= 0.3 is 0 Å². The zero-order valence-corrected chi connectivity index (χ0v) is 13.8. The van der Waals surface area contributed by atoms with Gasteiger partial charge in [0.2, 0.25) is 0 Å². The third-order valence-electron chi connectivity index (χ3n) is 3.12. The molecule has 0 saturated carbocycles. The monoisotopic (exact) mass is 329 g/mol. The average Bonchev–Trinajstić information content (AvgIpc) is 2.69. The van der Waals surface area contributed by atoms with Gasteiger partial charge in [-0.05, 0) is 54.6 Å². The highest BCUT2D eigenvalue weighted by Crippen LogP contribution is 2.24. The summed E-state index contributed by atoms with van der Waals surface area (Å²) >= 11 is 3.41. The molecule has 0 aliphatic carbocycles. The van der Waals surface area contributed by atoms with Gasteiger partial charge in [0.05, 0.1) is 10.7 Å². The van der Waals surface area contributed by atoms with E-state index in [1.807, 2.05) is 13.8 Å². The van der Waals surface area contributed by atoms with E-state index in [4.69, 9.17) is 5.73 Å². The maximum atomic E-state index is 12.5. The predicted octanol–water partition coefficient (Wildman–Crippen LogP) is 3.42. The second kappa shape index (κ2) is 7.20. The molecule has 0 aliphatic rings. The third kappa shape index (κ3) is 4.42. The number of aromatic nitrogens is 2. The first-order chi connectivity index (χ1) is 8.86. The Morgan fingerprint density at radius 2 is 2.05 bits per heavy atom. The summed E-state index contributed by atoms with van der Waals surface area (Å²) in [6.07, 6.45) is 3.16. The molecular weight excluding hydrogens is 306 g/mol. The standard InChI is InChI=1S/C14H24BrN3O/c1-9(2)5-11(7-16)6-13(19)14-12(15)8-17-18(14)10(3)4/h8-11H,5-7,16H2,1-4H3. The van der Waals surface area contributed by atoms with E-state index in [0.717, 1.165) is 10.9 Å². The normalized spacial score (nSPS) is 13.3. The van der Waals surface area contributed by atoms with Crippen LogP contribution in [-0.2, 0) is 0 Å². The molecule has 0 spiro atoms. The van der Waals surface area contributed by atoms with E-state index in [-0.39, 0.29) is 17.7 Å². The number of halogens is 1. The van der Waals surface area contributed by atoms with Crippen LogP contribution in [0.1, 0.15) is 57.1 Å². The van der Waals surface area contributed by atoms with Crippen molar-refractivity contribution in [3.05, 3.63) is 16.4 Å². The fraction of sp³-hybridized carbons (Fsp3) is 0.714. The summed E-state index contributed by atoms with van der Waals surface area (Å²) in [6, 6.07) is 0.173. The highest BCUT2D eigenvalue weighted by atomic mass is 79.9. The van der Waals surface area contributed by atoms with Crippen molar-refractivity contribution in [1.29, 1.82) is 0 Å². The number of ketones is 1. The lowest BCUT2D eigenvalue weighted by Crippen LogP contribution is -2.22. The Bertz CT molecular complexity index is 426. The van der Waals surface area contributed by atoms with Gasteiger partial charge in [-0.3, -0.25) is 9.48 Å². The first-order valence-electron chi connectivity index (χ1n) is 6.83. The van der Waals surface area contributed by atoms with Crippen molar-refractivity contribution in [3.63, 3.8) is 0 Å². The molecule has 1 rings (SSSR count). The number of nitrogens with zero attached hydrogens (tertiary/aromatic N) is 2. The fourth-order valence-electron chi connectivity index (χ4n) is 2.28. The van der Waals surface area contributed by atoms with E-state index in [1.165, 1.54) is 0 Å². The molecule has 19 heavy (non-hydrogen) atoms. The van der Waals surface area contributed by atoms with Crippen LogP contribution in [0, 0.1) is 11.8 Å². The highest BCUT2D eigenvalue weighted by Gasteiger charge is 2.22. The number of carbonyl (C=O) groups excluding carboxylic acids is 1. The summed E-state index contributed by atoms with van der Waals surface area (Å²) in [5, 5.41) is 4.25. The molecule has 108 valence electrons. The van der Waals surface area contributed by atoms with E-state index in [2.05, 4.69) is 34.9 Å². The minimum absolute atomic E-state index is 0.120. The van der Waals surface area contributed by atoms with E-state index >= 15 is 0 Å². The fourth-order valence-corrected chi connectivity index (χ4v) is 2.78. The molecule has 0 fully saturated rings. The molecule has 0 bridgehead atoms. The molecule has 1 atom stereocenters. The smallest absolute Gasteiger partial charge is 0.182 e. The zero-order valence-electron chi connectivity index (χ0n) is 12.2.